The van der Waals surface area contributed by atoms with E-state index in [0.717, 1.165) is 38.2 Å². The quantitative estimate of drug-likeness (QED) is 0.666. The molecule has 1 saturated heterocycles. The van der Waals surface area contributed by atoms with Gasteiger partial charge in [0.25, 0.3) is 0 Å². The molecule has 0 saturated carbocycles. The Hall–Kier alpha value is -0.980. The predicted octanol–water partition coefficient (Wildman–Crippen LogP) is 2.65. The molecule has 0 amide bonds. The van der Waals surface area contributed by atoms with Crippen LogP contribution in [0.15, 0.2) is 11.4 Å². The molecule has 1 aromatic heterocycles. The van der Waals surface area contributed by atoms with Gasteiger partial charge in [-0.2, -0.15) is 0 Å². The first-order chi connectivity index (χ1) is 9.08. The van der Waals surface area contributed by atoms with Crippen LogP contribution in [0.4, 0.5) is 5.00 Å². The third kappa shape index (κ3) is 3.75. The van der Waals surface area contributed by atoms with Gasteiger partial charge in [-0.05, 0) is 17.9 Å². The zero-order chi connectivity index (χ0) is 13.8. The molecular weight excluding hydrogens is 262 g/mol. The number of nitrogens with zero attached hydrogens (tertiary/aromatic N) is 2. The minimum absolute atomic E-state index is 0.249. The number of piperazine rings is 1. The maximum atomic E-state index is 10.8. The molecule has 1 aliphatic rings. The third-order valence-electron chi connectivity index (χ3n) is 3.46. The Labute approximate surface area is 117 Å². The molecule has 19 heavy (non-hydrogen) atoms. The molecule has 5 nitrogen and oxygen atoms in total. The lowest BCUT2D eigenvalue weighted by Gasteiger charge is -2.35. The number of hydrogen-bond donors (Lipinski definition) is 1. The molecule has 0 aliphatic carbocycles. The lowest BCUT2D eigenvalue weighted by Crippen LogP contribution is -2.45. The zero-order valence-electron chi connectivity index (χ0n) is 11.5. The van der Waals surface area contributed by atoms with Crippen LogP contribution in [0.25, 0.3) is 0 Å². The fraction of sp³-hybridized carbons (Fsp3) is 0.692. The maximum absolute atomic E-state index is 10.8. The third-order valence-corrected chi connectivity index (χ3v) is 4.36. The van der Waals surface area contributed by atoms with E-state index >= 15 is 0 Å². The van der Waals surface area contributed by atoms with Gasteiger partial charge >= 0.3 is 5.00 Å². The van der Waals surface area contributed by atoms with Crippen molar-refractivity contribution in [3.8, 4) is 0 Å². The topological polar surface area (TPSA) is 58.4 Å². The molecule has 2 heterocycles. The summed E-state index contributed by atoms with van der Waals surface area (Å²) in [6.07, 6.45) is 1.05. The van der Waals surface area contributed by atoms with E-state index in [1.54, 1.807) is 6.07 Å². The number of nitrogens with one attached hydrogen (secondary N) is 1. The minimum Gasteiger partial charge on any atom is -0.314 e. The highest BCUT2D eigenvalue weighted by Gasteiger charge is 2.25. The van der Waals surface area contributed by atoms with Crippen molar-refractivity contribution in [3.63, 3.8) is 0 Å². The average molecular weight is 283 g/mol. The van der Waals surface area contributed by atoms with E-state index in [-0.39, 0.29) is 9.92 Å². The van der Waals surface area contributed by atoms with Crippen molar-refractivity contribution in [1.82, 2.24) is 10.2 Å². The summed E-state index contributed by atoms with van der Waals surface area (Å²) in [4.78, 5) is 13.0. The van der Waals surface area contributed by atoms with Gasteiger partial charge in [0.1, 0.15) is 0 Å². The molecule has 1 N–H and O–H groups in total. The van der Waals surface area contributed by atoms with Crippen LogP contribution in [0.3, 0.4) is 0 Å². The average Bonchev–Trinajstić information content (AvgIpc) is 2.86. The molecule has 0 spiro atoms. The van der Waals surface area contributed by atoms with Gasteiger partial charge < -0.3 is 5.32 Å². The SMILES string of the molecule is CC(C)C[C@H](c1csc([N+](=O)[O-])c1)N1CCNCC1. The summed E-state index contributed by atoms with van der Waals surface area (Å²) >= 11 is 1.24. The summed E-state index contributed by atoms with van der Waals surface area (Å²) < 4.78 is 0. The predicted molar refractivity (Wildman–Crippen MR) is 77.6 cm³/mol. The van der Waals surface area contributed by atoms with Crippen LogP contribution in [-0.4, -0.2) is 36.0 Å². The lowest BCUT2D eigenvalue weighted by atomic mass is 9.97. The van der Waals surface area contributed by atoms with Crippen molar-refractivity contribution in [2.24, 2.45) is 5.92 Å². The van der Waals surface area contributed by atoms with E-state index in [4.69, 9.17) is 0 Å². The van der Waals surface area contributed by atoms with Gasteiger partial charge in [0.2, 0.25) is 0 Å². The van der Waals surface area contributed by atoms with E-state index < -0.39 is 0 Å². The van der Waals surface area contributed by atoms with Crippen molar-refractivity contribution in [1.29, 1.82) is 0 Å². The van der Waals surface area contributed by atoms with Gasteiger partial charge in [-0.3, -0.25) is 15.0 Å². The molecule has 1 atom stereocenters. The molecule has 0 unspecified atom stereocenters. The van der Waals surface area contributed by atoms with Crippen LogP contribution in [0.2, 0.25) is 0 Å². The normalized spacial score (nSPS) is 18.7. The highest BCUT2D eigenvalue weighted by Crippen LogP contribution is 2.33. The Kier molecular flexibility index (Phi) is 4.90. The molecule has 6 heteroatoms. The molecule has 1 fully saturated rings. The molecule has 1 aromatic rings. The number of nitro groups is 1. The first kappa shape index (κ1) is 14.4. The van der Waals surface area contributed by atoms with E-state index in [9.17, 15) is 10.1 Å². The summed E-state index contributed by atoms with van der Waals surface area (Å²) in [6, 6.07) is 2.06. The van der Waals surface area contributed by atoms with Crippen molar-refractivity contribution >= 4 is 16.3 Å². The van der Waals surface area contributed by atoms with E-state index in [1.807, 2.05) is 5.38 Å². The van der Waals surface area contributed by atoms with Crippen LogP contribution in [-0.2, 0) is 0 Å². The molecule has 0 aromatic carbocycles. The standard InChI is InChI=1S/C13H21N3O2S/c1-10(2)7-12(15-5-3-14-4-6-15)11-8-13(16(17)18)19-9-11/h8-10,12,14H,3-7H2,1-2H3/t12-/m1/s1. The highest BCUT2D eigenvalue weighted by atomic mass is 32.1. The van der Waals surface area contributed by atoms with Gasteiger partial charge in [0, 0.05) is 43.7 Å². The van der Waals surface area contributed by atoms with Crippen molar-refractivity contribution in [2.45, 2.75) is 26.3 Å². The Bertz CT molecular complexity index is 427. The van der Waals surface area contributed by atoms with Crippen LogP contribution < -0.4 is 5.32 Å². The fourth-order valence-corrected chi connectivity index (χ4v) is 3.32. The second-order valence-electron chi connectivity index (χ2n) is 5.41. The summed E-state index contributed by atoms with van der Waals surface area (Å²) in [7, 11) is 0. The first-order valence-electron chi connectivity index (χ1n) is 6.75. The number of thiophene rings is 1. The van der Waals surface area contributed by atoms with Crippen LogP contribution in [0.5, 0.6) is 0 Å². The lowest BCUT2D eigenvalue weighted by molar-refractivity contribution is -0.380. The smallest absolute Gasteiger partial charge is 0.314 e. The molecule has 106 valence electrons. The molecule has 2 rings (SSSR count). The second kappa shape index (κ2) is 6.45. The summed E-state index contributed by atoms with van der Waals surface area (Å²) in [5.41, 5.74) is 1.10. The Morgan fingerprint density at radius 2 is 2.16 bits per heavy atom. The zero-order valence-corrected chi connectivity index (χ0v) is 12.3. The minimum atomic E-state index is -0.293. The molecular formula is C13H21N3O2S. The van der Waals surface area contributed by atoms with E-state index in [0.29, 0.717) is 12.0 Å². The summed E-state index contributed by atoms with van der Waals surface area (Å²) in [6.45, 7) is 8.44. The number of hydrogen-bond acceptors (Lipinski definition) is 5. The van der Waals surface area contributed by atoms with Gasteiger partial charge in [0.15, 0.2) is 0 Å². The second-order valence-corrected chi connectivity index (χ2v) is 6.30. The van der Waals surface area contributed by atoms with Crippen molar-refractivity contribution in [2.75, 3.05) is 26.2 Å². The first-order valence-corrected chi connectivity index (χ1v) is 7.63. The van der Waals surface area contributed by atoms with E-state index in [2.05, 4.69) is 24.1 Å². The van der Waals surface area contributed by atoms with Gasteiger partial charge in [-0.25, -0.2) is 0 Å². The fourth-order valence-electron chi connectivity index (χ4n) is 2.55. The van der Waals surface area contributed by atoms with E-state index in [1.165, 1.54) is 11.3 Å². The van der Waals surface area contributed by atoms with Gasteiger partial charge in [-0.15, -0.1) is 0 Å². The van der Waals surface area contributed by atoms with Crippen LogP contribution in [0, 0.1) is 16.0 Å². The number of rotatable bonds is 5. The monoisotopic (exact) mass is 283 g/mol. The Balaban J connectivity index is 2.17. The highest BCUT2D eigenvalue weighted by molar-refractivity contribution is 7.13. The molecule has 0 bridgehead atoms. The van der Waals surface area contributed by atoms with Crippen molar-refractivity contribution in [3.05, 3.63) is 27.1 Å². The Morgan fingerprint density at radius 1 is 1.47 bits per heavy atom. The Morgan fingerprint density at radius 3 is 2.68 bits per heavy atom. The molecule has 0 radical (unpaired) electrons. The van der Waals surface area contributed by atoms with Crippen LogP contribution in [0.1, 0.15) is 31.9 Å². The largest absolute Gasteiger partial charge is 0.324 e. The van der Waals surface area contributed by atoms with Crippen molar-refractivity contribution < 1.29 is 4.92 Å². The summed E-state index contributed by atoms with van der Waals surface area (Å²) in [5.74, 6) is 0.582. The molecule has 1 aliphatic heterocycles. The van der Waals surface area contributed by atoms with Crippen LogP contribution >= 0.6 is 11.3 Å². The van der Waals surface area contributed by atoms with Gasteiger partial charge in [-0.1, -0.05) is 25.2 Å². The van der Waals surface area contributed by atoms with Gasteiger partial charge in [0.05, 0.1) is 4.92 Å². The maximum Gasteiger partial charge on any atom is 0.324 e. The summed E-state index contributed by atoms with van der Waals surface area (Å²) in [5, 5.41) is 16.4.